The molecule has 5 N–H and O–H groups in total. The first-order chi connectivity index (χ1) is 18.8. The Labute approximate surface area is 249 Å². The molecule has 0 aliphatic rings. The zero-order chi connectivity index (χ0) is 30.2. The van der Waals surface area contributed by atoms with Crippen LogP contribution in [0.5, 0.6) is 0 Å². The molecule has 0 aromatic heterocycles. The van der Waals surface area contributed by atoms with Gasteiger partial charge in [0.2, 0.25) is 17.7 Å². The summed E-state index contributed by atoms with van der Waals surface area (Å²) < 4.78 is 5.99. The van der Waals surface area contributed by atoms with Crippen LogP contribution in [0.4, 0.5) is 4.79 Å². The van der Waals surface area contributed by atoms with Crippen molar-refractivity contribution in [3.05, 3.63) is 34.3 Å². The minimum Gasteiger partial charge on any atom is -0.481 e. The number of carboxylic acids is 1. The quantitative estimate of drug-likeness (QED) is 0.142. The highest BCUT2D eigenvalue weighted by Gasteiger charge is 2.30. The number of carbonyl (C=O) groups is 5. The third-order valence-electron chi connectivity index (χ3n) is 5.61. The van der Waals surface area contributed by atoms with Crippen molar-refractivity contribution in [1.82, 2.24) is 21.3 Å². The molecular formula is C27H41BrN4O7S. The molecule has 13 heteroatoms. The van der Waals surface area contributed by atoms with Crippen molar-refractivity contribution in [1.29, 1.82) is 0 Å². The van der Waals surface area contributed by atoms with Crippen LogP contribution in [0, 0.1) is 11.8 Å². The van der Waals surface area contributed by atoms with Gasteiger partial charge in [0.15, 0.2) is 0 Å². The van der Waals surface area contributed by atoms with Gasteiger partial charge in [0, 0.05) is 23.2 Å². The van der Waals surface area contributed by atoms with E-state index in [1.165, 1.54) is 0 Å². The second kappa shape index (κ2) is 18.5. The maximum absolute atomic E-state index is 13.2. The van der Waals surface area contributed by atoms with Crippen molar-refractivity contribution < 1.29 is 33.8 Å². The molecule has 0 fully saturated rings. The van der Waals surface area contributed by atoms with E-state index in [0.717, 1.165) is 10.0 Å². The minimum atomic E-state index is -1.24. The first-order valence-electron chi connectivity index (χ1n) is 13.2. The molecule has 0 spiro atoms. The molecule has 40 heavy (non-hydrogen) atoms. The molecular weight excluding hydrogens is 604 g/mol. The number of benzene rings is 1. The van der Waals surface area contributed by atoms with Crippen molar-refractivity contribution in [2.75, 3.05) is 18.9 Å². The Balaban J connectivity index is 2.86. The van der Waals surface area contributed by atoms with E-state index in [1.807, 2.05) is 52.0 Å². The van der Waals surface area contributed by atoms with E-state index >= 15 is 0 Å². The van der Waals surface area contributed by atoms with Crippen molar-refractivity contribution >= 4 is 58.3 Å². The molecule has 0 saturated carbocycles. The molecule has 1 rings (SSSR count). The van der Waals surface area contributed by atoms with E-state index in [1.54, 1.807) is 0 Å². The normalized spacial score (nSPS) is 13.2. The molecule has 0 unspecified atom stereocenters. The van der Waals surface area contributed by atoms with E-state index in [-0.39, 0.29) is 43.5 Å². The third kappa shape index (κ3) is 14.0. The third-order valence-corrected chi connectivity index (χ3v) is 6.75. The van der Waals surface area contributed by atoms with Gasteiger partial charge >= 0.3 is 12.1 Å². The first kappa shape index (κ1) is 35.2. The number of rotatable bonds is 17. The molecule has 0 aliphatic carbocycles. The lowest BCUT2D eigenvalue weighted by atomic mass is 10.0. The lowest BCUT2D eigenvalue weighted by Crippen LogP contribution is -2.57. The highest BCUT2D eigenvalue weighted by atomic mass is 79.9. The molecule has 224 valence electrons. The van der Waals surface area contributed by atoms with Crippen LogP contribution in [0.3, 0.4) is 0 Å². The fourth-order valence-electron chi connectivity index (χ4n) is 3.55. The Kier molecular flexibility index (Phi) is 16.3. The number of nitrogens with one attached hydrogen (secondary N) is 4. The largest absolute Gasteiger partial charge is 0.481 e. The predicted molar refractivity (Wildman–Crippen MR) is 158 cm³/mol. The van der Waals surface area contributed by atoms with Crippen LogP contribution in [0.15, 0.2) is 28.7 Å². The van der Waals surface area contributed by atoms with E-state index < -0.39 is 47.9 Å². The van der Waals surface area contributed by atoms with Gasteiger partial charge in [0.25, 0.3) is 0 Å². The average molecular weight is 646 g/mol. The number of hydrogen-bond donors (Lipinski definition) is 6. The summed E-state index contributed by atoms with van der Waals surface area (Å²) in [6.45, 7) is 7.88. The van der Waals surface area contributed by atoms with Crippen molar-refractivity contribution in [3.63, 3.8) is 0 Å². The summed E-state index contributed by atoms with van der Waals surface area (Å²) in [5, 5.41) is 19.5. The Hall–Kier alpha value is -2.80. The van der Waals surface area contributed by atoms with Gasteiger partial charge in [-0.05, 0) is 42.7 Å². The molecule has 1 aromatic rings. The summed E-state index contributed by atoms with van der Waals surface area (Å²) >= 11 is 7.68. The van der Waals surface area contributed by atoms with Crippen molar-refractivity contribution in [2.45, 2.75) is 71.5 Å². The Morgan fingerprint density at radius 2 is 1.52 bits per heavy atom. The molecule has 0 radical (unpaired) electrons. The number of carboxylic acid groups (broad SMARTS) is 1. The van der Waals surface area contributed by atoms with Crippen LogP contribution >= 0.6 is 28.6 Å². The second-order valence-electron chi connectivity index (χ2n) is 10.2. The second-order valence-corrected chi connectivity index (χ2v) is 11.4. The summed E-state index contributed by atoms with van der Waals surface area (Å²) in [6, 6.07) is 4.42. The lowest BCUT2D eigenvalue weighted by molar-refractivity contribution is -0.137. The molecule has 0 heterocycles. The Morgan fingerprint density at radius 1 is 0.900 bits per heavy atom. The van der Waals surface area contributed by atoms with Gasteiger partial charge in [0.05, 0.1) is 6.61 Å². The van der Waals surface area contributed by atoms with Crippen LogP contribution in [0.2, 0.25) is 0 Å². The fraction of sp³-hybridized carbons (Fsp3) is 0.593. The van der Waals surface area contributed by atoms with Gasteiger partial charge < -0.3 is 31.1 Å². The van der Waals surface area contributed by atoms with Gasteiger partial charge in [0.1, 0.15) is 18.1 Å². The number of hydrogen-bond acceptors (Lipinski definition) is 7. The Bertz CT molecular complexity index is 1010. The molecule has 0 aliphatic heterocycles. The minimum absolute atomic E-state index is 0.00918. The number of halogens is 1. The highest BCUT2D eigenvalue weighted by molar-refractivity contribution is 9.10. The number of thiol groups is 1. The average Bonchev–Trinajstić information content (AvgIpc) is 2.88. The number of amides is 4. The zero-order valence-corrected chi connectivity index (χ0v) is 25.8. The van der Waals surface area contributed by atoms with E-state index in [4.69, 9.17) is 9.84 Å². The van der Waals surface area contributed by atoms with E-state index in [9.17, 15) is 24.0 Å². The fourth-order valence-corrected chi connectivity index (χ4v) is 4.29. The maximum Gasteiger partial charge on any atom is 0.407 e. The van der Waals surface area contributed by atoms with E-state index in [0.29, 0.717) is 13.0 Å². The molecule has 3 atom stereocenters. The van der Waals surface area contributed by atoms with Crippen LogP contribution in [0.1, 0.15) is 52.5 Å². The standard InChI is InChI=1S/C27H41BrN4O7S/c1-16(2)13-21(30-25(36)20(9-10-23(33)34)32-27(38)39-14-17(3)4)26(37)31-22(15-40)24(35)29-12-11-18-7-5-6-8-19(18)28/h5-8,16-17,20-22,40H,9-15H2,1-4H3,(H,29,35)(H,30,36)(H,31,37)(H,32,38)(H,33,34)/t20-,21-,22-/m0/s1. The van der Waals surface area contributed by atoms with Crippen LogP contribution < -0.4 is 21.3 Å². The number of ether oxygens (including phenoxy) is 1. The summed E-state index contributed by atoms with van der Waals surface area (Å²) in [5.74, 6) is -2.81. The summed E-state index contributed by atoms with van der Waals surface area (Å²) in [6.07, 6.45) is -0.627. The molecule has 11 nitrogen and oxygen atoms in total. The maximum atomic E-state index is 13.2. The first-order valence-corrected chi connectivity index (χ1v) is 14.6. The summed E-state index contributed by atoms with van der Waals surface area (Å²) in [5.41, 5.74) is 1.02. The predicted octanol–water partition coefficient (Wildman–Crippen LogP) is 2.67. The molecule has 0 saturated heterocycles. The summed E-state index contributed by atoms with van der Waals surface area (Å²) in [7, 11) is 0. The number of aliphatic carboxylic acids is 1. The summed E-state index contributed by atoms with van der Waals surface area (Å²) in [4.78, 5) is 62.2. The number of carbonyl (C=O) groups excluding carboxylic acids is 4. The molecule has 0 bridgehead atoms. The van der Waals surface area contributed by atoms with Crippen LogP contribution in [-0.2, 0) is 30.3 Å². The van der Waals surface area contributed by atoms with Crippen LogP contribution in [0.25, 0.3) is 0 Å². The highest BCUT2D eigenvalue weighted by Crippen LogP contribution is 2.16. The van der Waals surface area contributed by atoms with Gasteiger partial charge in [-0.1, -0.05) is 61.8 Å². The monoisotopic (exact) mass is 644 g/mol. The molecule has 4 amide bonds. The topological polar surface area (TPSA) is 163 Å². The smallest absolute Gasteiger partial charge is 0.407 e. The number of alkyl carbamates (subject to hydrolysis) is 1. The van der Waals surface area contributed by atoms with E-state index in [2.05, 4.69) is 49.8 Å². The lowest BCUT2D eigenvalue weighted by Gasteiger charge is -2.25. The van der Waals surface area contributed by atoms with Crippen LogP contribution in [-0.4, -0.2) is 71.9 Å². The molecule has 1 aromatic carbocycles. The van der Waals surface area contributed by atoms with Gasteiger partial charge in [-0.25, -0.2) is 4.79 Å². The van der Waals surface area contributed by atoms with Gasteiger partial charge in [-0.15, -0.1) is 0 Å². The zero-order valence-electron chi connectivity index (χ0n) is 23.4. The van der Waals surface area contributed by atoms with Gasteiger partial charge in [-0.2, -0.15) is 12.6 Å². The SMILES string of the molecule is CC(C)COC(=O)N[C@@H](CCC(=O)O)C(=O)N[C@@H](CC(C)C)C(=O)N[C@@H](CS)C(=O)NCCc1ccccc1Br. The van der Waals surface area contributed by atoms with Crippen molar-refractivity contribution in [2.24, 2.45) is 11.8 Å². The Morgan fingerprint density at radius 3 is 2.10 bits per heavy atom. The van der Waals surface area contributed by atoms with Crippen molar-refractivity contribution in [3.8, 4) is 0 Å². The van der Waals surface area contributed by atoms with Gasteiger partial charge in [-0.3, -0.25) is 19.2 Å².